The van der Waals surface area contributed by atoms with Crippen LogP contribution in [-0.4, -0.2) is 11.5 Å². The summed E-state index contributed by atoms with van der Waals surface area (Å²) >= 11 is 0. The van der Waals surface area contributed by atoms with Gasteiger partial charge >= 0.3 is 0 Å². The summed E-state index contributed by atoms with van der Waals surface area (Å²) in [7, 11) is 0. The van der Waals surface area contributed by atoms with Gasteiger partial charge in [0.05, 0.1) is 5.69 Å². The molecule has 17 heavy (non-hydrogen) atoms. The molecule has 2 heteroatoms. The van der Waals surface area contributed by atoms with Crippen molar-refractivity contribution in [3.63, 3.8) is 0 Å². The first-order chi connectivity index (χ1) is 8.25. The maximum absolute atomic E-state index is 4.51. The molecule has 0 aromatic carbocycles. The number of aromatic nitrogens is 1. The SMILES string of the molecule is Cc1cccc(CNCC2CCCCC2C)n1. The lowest BCUT2D eigenvalue weighted by Crippen LogP contribution is -2.29. The molecule has 2 unspecified atom stereocenters. The normalized spacial score (nSPS) is 24.8. The summed E-state index contributed by atoms with van der Waals surface area (Å²) in [6, 6.07) is 6.24. The average molecular weight is 232 g/mol. The lowest BCUT2D eigenvalue weighted by atomic mass is 9.80. The van der Waals surface area contributed by atoms with E-state index in [9.17, 15) is 0 Å². The molecule has 1 heterocycles. The summed E-state index contributed by atoms with van der Waals surface area (Å²) in [5.41, 5.74) is 2.27. The molecule has 0 bridgehead atoms. The van der Waals surface area contributed by atoms with Gasteiger partial charge < -0.3 is 5.32 Å². The van der Waals surface area contributed by atoms with Crippen molar-refractivity contribution in [2.75, 3.05) is 6.54 Å². The molecule has 0 spiro atoms. The number of nitrogens with one attached hydrogen (secondary N) is 1. The summed E-state index contributed by atoms with van der Waals surface area (Å²) < 4.78 is 0. The molecule has 1 aromatic heterocycles. The molecule has 0 radical (unpaired) electrons. The lowest BCUT2D eigenvalue weighted by molar-refractivity contribution is 0.247. The van der Waals surface area contributed by atoms with Gasteiger partial charge in [-0.05, 0) is 43.9 Å². The first-order valence-corrected chi connectivity index (χ1v) is 6.89. The molecule has 1 fully saturated rings. The van der Waals surface area contributed by atoms with Crippen LogP contribution in [0.15, 0.2) is 18.2 Å². The minimum atomic E-state index is 0.869. The van der Waals surface area contributed by atoms with Gasteiger partial charge in [-0.2, -0.15) is 0 Å². The van der Waals surface area contributed by atoms with Crippen molar-refractivity contribution in [1.82, 2.24) is 10.3 Å². The summed E-state index contributed by atoms with van der Waals surface area (Å²) in [5, 5.41) is 3.57. The van der Waals surface area contributed by atoms with Crippen molar-refractivity contribution < 1.29 is 0 Å². The van der Waals surface area contributed by atoms with Gasteiger partial charge in [0.2, 0.25) is 0 Å². The van der Waals surface area contributed by atoms with E-state index in [2.05, 4.69) is 29.4 Å². The molecule has 0 saturated heterocycles. The highest BCUT2D eigenvalue weighted by Crippen LogP contribution is 2.28. The van der Waals surface area contributed by atoms with Crippen LogP contribution in [0.1, 0.15) is 44.0 Å². The van der Waals surface area contributed by atoms with E-state index in [-0.39, 0.29) is 0 Å². The Bertz CT molecular complexity index is 349. The van der Waals surface area contributed by atoms with E-state index in [1.807, 2.05) is 13.0 Å². The van der Waals surface area contributed by atoms with Crippen molar-refractivity contribution in [3.8, 4) is 0 Å². The highest BCUT2D eigenvalue weighted by atomic mass is 14.9. The highest BCUT2D eigenvalue weighted by Gasteiger charge is 2.20. The highest BCUT2D eigenvalue weighted by molar-refractivity contribution is 5.09. The van der Waals surface area contributed by atoms with Crippen LogP contribution in [0.5, 0.6) is 0 Å². The Kier molecular flexibility index (Phi) is 4.55. The molecular formula is C15H24N2. The monoisotopic (exact) mass is 232 g/mol. The van der Waals surface area contributed by atoms with E-state index in [1.165, 1.54) is 25.7 Å². The quantitative estimate of drug-likeness (QED) is 0.861. The summed E-state index contributed by atoms with van der Waals surface area (Å²) in [4.78, 5) is 4.51. The van der Waals surface area contributed by atoms with Gasteiger partial charge in [0.15, 0.2) is 0 Å². The van der Waals surface area contributed by atoms with Crippen LogP contribution in [0, 0.1) is 18.8 Å². The second-order valence-electron chi connectivity index (χ2n) is 5.42. The summed E-state index contributed by atoms with van der Waals surface area (Å²) in [6.07, 6.45) is 5.65. The molecule has 1 aliphatic carbocycles. The Morgan fingerprint density at radius 2 is 2.12 bits per heavy atom. The third-order valence-electron chi connectivity index (χ3n) is 3.95. The van der Waals surface area contributed by atoms with Crippen molar-refractivity contribution in [2.45, 2.75) is 46.1 Å². The van der Waals surface area contributed by atoms with Gasteiger partial charge in [-0.1, -0.05) is 32.3 Å². The maximum Gasteiger partial charge on any atom is 0.0544 e. The molecule has 0 aliphatic heterocycles. The number of nitrogens with zero attached hydrogens (tertiary/aromatic N) is 1. The topological polar surface area (TPSA) is 24.9 Å². The molecule has 2 nitrogen and oxygen atoms in total. The zero-order chi connectivity index (χ0) is 12.1. The first-order valence-electron chi connectivity index (χ1n) is 6.89. The van der Waals surface area contributed by atoms with E-state index < -0.39 is 0 Å². The van der Waals surface area contributed by atoms with Crippen LogP contribution in [0.3, 0.4) is 0 Å². The van der Waals surface area contributed by atoms with Gasteiger partial charge in [-0.3, -0.25) is 4.98 Å². The molecule has 1 N–H and O–H groups in total. The standard InChI is InChI=1S/C15H24N2/c1-12-6-3-4-8-14(12)10-16-11-15-9-5-7-13(2)17-15/h5,7,9,12,14,16H,3-4,6,8,10-11H2,1-2H3. The van der Waals surface area contributed by atoms with Gasteiger partial charge in [0.25, 0.3) is 0 Å². The minimum Gasteiger partial charge on any atom is -0.311 e. The Morgan fingerprint density at radius 3 is 2.88 bits per heavy atom. The zero-order valence-electron chi connectivity index (χ0n) is 11.1. The number of hydrogen-bond donors (Lipinski definition) is 1. The number of pyridine rings is 1. The third-order valence-corrected chi connectivity index (χ3v) is 3.95. The molecule has 0 amide bonds. The van der Waals surface area contributed by atoms with E-state index in [0.717, 1.165) is 36.3 Å². The van der Waals surface area contributed by atoms with Crippen LogP contribution in [0.4, 0.5) is 0 Å². The molecule has 94 valence electrons. The van der Waals surface area contributed by atoms with E-state index >= 15 is 0 Å². The summed E-state index contributed by atoms with van der Waals surface area (Å²) in [5.74, 6) is 1.76. The molecule has 2 atom stereocenters. The Labute approximate surface area is 105 Å². The first kappa shape index (κ1) is 12.6. The second-order valence-corrected chi connectivity index (χ2v) is 5.42. The smallest absolute Gasteiger partial charge is 0.0544 e. The van der Waals surface area contributed by atoms with Crippen LogP contribution < -0.4 is 5.32 Å². The van der Waals surface area contributed by atoms with Crippen LogP contribution in [-0.2, 0) is 6.54 Å². The fourth-order valence-corrected chi connectivity index (χ4v) is 2.78. The average Bonchev–Trinajstić information content (AvgIpc) is 2.32. The predicted octanol–water partition coefficient (Wildman–Crippen LogP) is 3.31. The Balaban J connectivity index is 1.75. The Morgan fingerprint density at radius 1 is 1.29 bits per heavy atom. The van der Waals surface area contributed by atoms with Crippen molar-refractivity contribution in [1.29, 1.82) is 0 Å². The minimum absolute atomic E-state index is 0.869. The zero-order valence-corrected chi connectivity index (χ0v) is 11.1. The van der Waals surface area contributed by atoms with Gasteiger partial charge in [-0.15, -0.1) is 0 Å². The predicted molar refractivity (Wildman–Crippen MR) is 71.8 cm³/mol. The Hall–Kier alpha value is -0.890. The molecule has 2 rings (SSSR count). The molecule has 1 saturated carbocycles. The van der Waals surface area contributed by atoms with E-state index in [4.69, 9.17) is 0 Å². The van der Waals surface area contributed by atoms with Crippen LogP contribution in [0.25, 0.3) is 0 Å². The number of aryl methyl sites for hydroxylation is 1. The lowest BCUT2D eigenvalue weighted by Gasteiger charge is -2.28. The third kappa shape index (κ3) is 3.81. The number of rotatable bonds is 4. The second kappa shape index (κ2) is 6.15. The van der Waals surface area contributed by atoms with Crippen molar-refractivity contribution in [3.05, 3.63) is 29.6 Å². The van der Waals surface area contributed by atoms with Gasteiger partial charge in [0.1, 0.15) is 0 Å². The number of hydrogen-bond acceptors (Lipinski definition) is 2. The fraction of sp³-hybridized carbons (Fsp3) is 0.667. The van der Waals surface area contributed by atoms with Crippen molar-refractivity contribution >= 4 is 0 Å². The van der Waals surface area contributed by atoms with Gasteiger partial charge in [0, 0.05) is 12.2 Å². The summed E-state index contributed by atoms with van der Waals surface area (Å²) in [6.45, 7) is 6.50. The maximum atomic E-state index is 4.51. The van der Waals surface area contributed by atoms with Crippen molar-refractivity contribution in [2.24, 2.45) is 11.8 Å². The van der Waals surface area contributed by atoms with Crippen LogP contribution in [0.2, 0.25) is 0 Å². The molecule has 1 aromatic rings. The van der Waals surface area contributed by atoms with Gasteiger partial charge in [-0.25, -0.2) is 0 Å². The fourth-order valence-electron chi connectivity index (χ4n) is 2.78. The molecular weight excluding hydrogens is 208 g/mol. The van der Waals surface area contributed by atoms with Crippen LogP contribution >= 0.6 is 0 Å². The largest absolute Gasteiger partial charge is 0.311 e. The molecule has 1 aliphatic rings. The van der Waals surface area contributed by atoms with E-state index in [0.29, 0.717) is 0 Å². The van der Waals surface area contributed by atoms with E-state index in [1.54, 1.807) is 0 Å².